The van der Waals surface area contributed by atoms with Gasteiger partial charge in [0.05, 0.1) is 12.3 Å². The van der Waals surface area contributed by atoms with Crippen molar-refractivity contribution in [2.45, 2.75) is 56.9 Å². The Labute approximate surface area is 282 Å². The summed E-state index contributed by atoms with van der Waals surface area (Å²) in [6, 6.07) is 15.4. The number of hydrogen-bond donors (Lipinski definition) is 1. The average Bonchev–Trinajstić information content (AvgIpc) is 3.71. The number of halogens is 2. The molecule has 3 aliphatic rings. The number of amides is 2. The van der Waals surface area contributed by atoms with Crippen LogP contribution in [-0.4, -0.2) is 89.0 Å². The normalized spacial score (nSPS) is 19.0. The predicted molar refractivity (Wildman–Crippen MR) is 185 cm³/mol. The van der Waals surface area contributed by atoms with Crippen LogP contribution in [0.3, 0.4) is 0 Å². The Kier molecular flexibility index (Phi) is 10.3. The quantitative estimate of drug-likeness (QED) is 0.251. The molecule has 3 aromatic rings. The standard InChI is InChI=1S/C36H45Cl2N5O3/c1-40-32(34(44)42-21-14-36(15-22-42,35(39)45)43-19-3-2-4-20-43)25-30(29-13-10-27(37)24-31(29)38)33(40)26-8-11-28(12-9-26)46-23-7-18-41-16-5-6-17-41/h8-13,24-25H,2-7,14-23H2,1H3,(H2,39,45). The second-order valence-corrected chi connectivity index (χ2v) is 13.8. The van der Waals surface area contributed by atoms with E-state index in [2.05, 4.69) is 9.80 Å². The molecule has 0 atom stereocenters. The number of likely N-dealkylation sites (tertiary alicyclic amines) is 3. The molecular formula is C36H45Cl2N5O3. The highest BCUT2D eigenvalue weighted by molar-refractivity contribution is 6.36. The van der Waals surface area contributed by atoms with Crippen LogP contribution in [0.4, 0.5) is 0 Å². The van der Waals surface area contributed by atoms with Gasteiger partial charge in [0.25, 0.3) is 5.91 Å². The molecule has 0 bridgehead atoms. The van der Waals surface area contributed by atoms with Crippen molar-refractivity contribution in [3.8, 4) is 28.1 Å². The van der Waals surface area contributed by atoms with Gasteiger partial charge in [-0.25, -0.2) is 0 Å². The van der Waals surface area contributed by atoms with E-state index in [1.165, 1.54) is 32.4 Å². The number of hydrogen-bond acceptors (Lipinski definition) is 5. The average molecular weight is 667 g/mol. The SMILES string of the molecule is Cn1c(C(=O)N2CCC(C(N)=O)(N3CCCCC3)CC2)cc(-c2ccc(Cl)cc2Cl)c1-c1ccc(OCCCN2CCCC2)cc1. The number of benzene rings is 2. The third kappa shape index (κ3) is 6.82. The maximum atomic E-state index is 14.1. The molecule has 0 aliphatic carbocycles. The Balaban J connectivity index is 1.23. The van der Waals surface area contributed by atoms with Gasteiger partial charge in [-0.3, -0.25) is 14.5 Å². The minimum atomic E-state index is -0.684. The molecule has 4 heterocycles. The molecular weight excluding hydrogens is 621 g/mol. The molecule has 0 unspecified atom stereocenters. The fraction of sp³-hybridized carbons (Fsp3) is 0.500. The summed E-state index contributed by atoms with van der Waals surface area (Å²) in [5.74, 6) is 0.470. The number of carbonyl (C=O) groups excluding carboxylic acids is 2. The first-order valence-electron chi connectivity index (χ1n) is 16.7. The van der Waals surface area contributed by atoms with Gasteiger partial charge < -0.3 is 24.8 Å². The second kappa shape index (κ2) is 14.4. The Bertz CT molecular complexity index is 1540. The lowest BCUT2D eigenvalue weighted by molar-refractivity contribution is -0.134. The number of nitrogens with two attached hydrogens (primary N) is 1. The summed E-state index contributed by atoms with van der Waals surface area (Å²) >= 11 is 13.0. The van der Waals surface area contributed by atoms with E-state index in [1.807, 2.05) is 59.0 Å². The Morgan fingerprint density at radius 3 is 2.17 bits per heavy atom. The van der Waals surface area contributed by atoms with Crippen molar-refractivity contribution < 1.29 is 14.3 Å². The number of ether oxygens (including phenoxy) is 1. The highest BCUT2D eigenvalue weighted by Gasteiger charge is 2.46. The predicted octanol–water partition coefficient (Wildman–Crippen LogP) is 6.48. The first-order valence-corrected chi connectivity index (χ1v) is 17.5. The van der Waals surface area contributed by atoms with Gasteiger partial charge in [0.15, 0.2) is 0 Å². The van der Waals surface area contributed by atoms with Crippen LogP contribution < -0.4 is 10.5 Å². The maximum Gasteiger partial charge on any atom is 0.270 e. The Hall–Kier alpha value is -3.04. The van der Waals surface area contributed by atoms with Crippen molar-refractivity contribution in [3.63, 3.8) is 0 Å². The fourth-order valence-electron chi connectivity index (χ4n) is 7.55. The summed E-state index contributed by atoms with van der Waals surface area (Å²) in [4.78, 5) is 33.5. The van der Waals surface area contributed by atoms with Crippen molar-refractivity contribution in [2.75, 3.05) is 52.4 Å². The molecule has 0 spiro atoms. The molecule has 3 fully saturated rings. The van der Waals surface area contributed by atoms with Gasteiger partial charge in [-0.1, -0.05) is 35.7 Å². The van der Waals surface area contributed by atoms with Gasteiger partial charge in [0.2, 0.25) is 5.91 Å². The molecule has 2 amide bonds. The minimum Gasteiger partial charge on any atom is -0.494 e. The van der Waals surface area contributed by atoms with E-state index in [0.29, 0.717) is 48.3 Å². The first-order chi connectivity index (χ1) is 22.3. The van der Waals surface area contributed by atoms with E-state index < -0.39 is 5.54 Å². The fourth-order valence-corrected chi connectivity index (χ4v) is 8.06. The van der Waals surface area contributed by atoms with Crippen LogP contribution in [0.5, 0.6) is 5.75 Å². The summed E-state index contributed by atoms with van der Waals surface area (Å²) in [5, 5.41) is 1.07. The molecule has 46 heavy (non-hydrogen) atoms. The zero-order chi connectivity index (χ0) is 32.3. The van der Waals surface area contributed by atoms with E-state index in [1.54, 1.807) is 6.07 Å². The molecule has 3 saturated heterocycles. The molecule has 2 N–H and O–H groups in total. The molecule has 6 rings (SSSR count). The molecule has 0 saturated carbocycles. The number of aromatic nitrogens is 1. The van der Waals surface area contributed by atoms with Crippen molar-refractivity contribution in [1.82, 2.24) is 19.3 Å². The van der Waals surface area contributed by atoms with Crippen LogP contribution in [0.25, 0.3) is 22.4 Å². The lowest BCUT2D eigenvalue weighted by atomic mass is 9.83. The summed E-state index contributed by atoms with van der Waals surface area (Å²) < 4.78 is 8.02. The maximum absolute atomic E-state index is 14.1. The summed E-state index contributed by atoms with van der Waals surface area (Å²) in [6.07, 6.45) is 8.01. The van der Waals surface area contributed by atoms with E-state index in [9.17, 15) is 9.59 Å². The third-order valence-electron chi connectivity index (χ3n) is 10.2. The molecule has 2 aromatic carbocycles. The van der Waals surface area contributed by atoms with Crippen molar-refractivity contribution in [1.29, 1.82) is 0 Å². The molecule has 1 aromatic heterocycles. The summed E-state index contributed by atoms with van der Waals surface area (Å²) in [6.45, 7) is 6.84. The van der Waals surface area contributed by atoms with Crippen molar-refractivity contribution >= 4 is 35.0 Å². The van der Waals surface area contributed by atoms with E-state index in [-0.39, 0.29) is 11.8 Å². The van der Waals surface area contributed by atoms with Crippen molar-refractivity contribution in [2.24, 2.45) is 12.8 Å². The van der Waals surface area contributed by atoms with Gasteiger partial charge >= 0.3 is 0 Å². The molecule has 0 radical (unpaired) electrons. The summed E-state index contributed by atoms with van der Waals surface area (Å²) in [5.41, 5.74) is 9.37. The van der Waals surface area contributed by atoms with Gasteiger partial charge in [0.1, 0.15) is 17.0 Å². The zero-order valence-corrected chi connectivity index (χ0v) is 28.3. The smallest absolute Gasteiger partial charge is 0.270 e. The molecule has 3 aliphatic heterocycles. The largest absolute Gasteiger partial charge is 0.494 e. The van der Waals surface area contributed by atoms with Crippen LogP contribution in [0, 0.1) is 0 Å². The number of rotatable bonds is 10. The van der Waals surface area contributed by atoms with Gasteiger partial charge in [-0.05, 0) is 119 Å². The van der Waals surface area contributed by atoms with Gasteiger partial charge in [-0.15, -0.1) is 0 Å². The van der Waals surface area contributed by atoms with E-state index in [4.69, 9.17) is 33.7 Å². The van der Waals surface area contributed by atoms with Crippen LogP contribution in [-0.2, 0) is 11.8 Å². The highest BCUT2D eigenvalue weighted by Crippen LogP contribution is 2.40. The van der Waals surface area contributed by atoms with Crippen LogP contribution in [0.1, 0.15) is 61.9 Å². The Morgan fingerprint density at radius 1 is 0.848 bits per heavy atom. The van der Waals surface area contributed by atoms with Crippen LogP contribution in [0.2, 0.25) is 10.0 Å². The highest BCUT2D eigenvalue weighted by atomic mass is 35.5. The molecule has 246 valence electrons. The lowest BCUT2D eigenvalue weighted by Crippen LogP contribution is -2.63. The number of primary amides is 1. The third-order valence-corrected chi connectivity index (χ3v) is 10.7. The summed E-state index contributed by atoms with van der Waals surface area (Å²) in [7, 11) is 1.92. The number of nitrogens with zero attached hydrogens (tertiary/aromatic N) is 4. The first kappa shape index (κ1) is 32.9. The minimum absolute atomic E-state index is 0.0743. The zero-order valence-electron chi connectivity index (χ0n) is 26.8. The van der Waals surface area contributed by atoms with Gasteiger partial charge in [-0.2, -0.15) is 0 Å². The Morgan fingerprint density at radius 2 is 1.52 bits per heavy atom. The number of carbonyl (C=O) groups is 2. The van der Waals surface area contributed by atoms with Gasteiger partial charge in [0, 0.05) is 47.9 Å². The van der Waals surface area contributed by atoms with E-state index >= 15 is 0 Å². The monoisotopic (exact) mass is 665 g/mol. The molecule has 8 nitrogen and oxygen atoms in total. The lowest BCUT2D eigenvalue weighted by Gasteiger charge is -2.48. The van der Waals surface area contributed by atoms with Crippen molar-refractivity contribution in [3.05, 3.63) is 64.3 Å². The van der Waals surface area contributed by atoms with Crippen LogP contribution in [0.15, 0.2) is 48.5 Å². The van der Waals surface area contributed by atoms with Crippen LogP contribution >= 0.6 is 23.2 Å². The second-order valence-electron chi connectivity index (χ2n) is 13.0. The van der Waals surface area contributed by atoms with E-state index in [0.717, 1.165) is 67.0 Å². The number of piperidine rings is 2. The molecule has 10 heteroatoms. The topological polar surface area (TPSA) is 84.0 Å².